The second-order valence-corrected chi connectivity index (χ2v) is 14.5. The molecule has 0 bridgehead atoms. The third-order valence-corrected chi connectivity index (χ3v) is 11.0. The van der Waals surface area contributed by atoms with Gasteiger partial charge in [0, 0.05) is 17.8 Å². The number of ether oxygens (including phenoxy) is 2. The normalized spacial score (nSPS) is 23.8. The van der Waals surface area contributed by atoms with E-state index in [1.54, 1.807) is 18.2 Å². The van der Waals surface area contributed by atoms with Crippen LogP contribution in [0.2, 0.25) is 0 Å². The molecule has 8 rings (SSSR count). The van der Waals surface area contributed by atoms with Gasteiger partial charge in [-0.3, -0.25) is 24.2 Å². The number of primary amides is 1. The van der Waals surface area contributed by atoms with Crippen LogP contribution in [-0.2, 0) is 31.1 Å². The zero-order valence-corrected chi connectivity index (χ0v) is 30.9. The van der Waals surface area contributed by atoms with Gasteiger partial charge in [0.05, 0.1) is 31.2 Å². The summed E-state index contributed by atoms with van der Waals surface area (Å²) in [5, 5.41) is 12.5. The minimum atomic E-state index is -1.67. The Hall–Kier alpha value is -6.25. The zero-order valence-electron chi connectivity index (χ0n) is 30.9. The topological polar surface area (TPSA) is 134 Å². The summed E-state index contributed by atoms with van der Waals surface area (Å²) in [4.78, 5) is 47.8. The van der Waals surface area contributed by atoms with E-state index < -0.39 is 53.3 Å². The van der Waals surface area contributed by atoms with Crippen LogP contribution in [-0.4, -0.2) is 65.5 Å². The Morgan fingerprint density at radius 3 is 2.20 bits per heavy atom. The number of aliphatic hydroxyl groups is 1. The van der Waals surface area contributed by atoms with Crippen molar-refractivity contribution in [2.24, 2.45) is 11.7 Å². The molecule has 0 aromatic heterocycles. The van der Waals surface area contributed by atoms with E-state index >= 15 is 4.79 Å². The van der Waals surface area contributed by atoms with Crippen molar-refractivity contribution in [1.82, 2.24) is 9.80 Å². The maximum atomic E-state index is 15.0. The summed E-state index contributed by atoms with van der Waals surface area (Å²) in [5.74, 6) is 3.87. The van der Waals surface area contributed by atoms with Gasteiger partial charge in [0.25, 0.3) is 0 Å². The average molecular weight is 747 g/mol. The standard InChI is InChI=1S/C46H42N4O6/c1-49(29-31-12-5-2-6-13-31)25-11-14-30-19-24-37-36(28-30)46(45(54)48-37)38(43(47)52)40-44(53)56-41(33-17-9-4-10-18-33)39(32-15-7-3-8-16-32)50(40)42(46)34-20-22-35(23-21-34)55-27-26-51/h2-10,12-13,15-24,28,38-42,51H,25-27,29H2,1H3,(H2,47,52)(H,48,54). The Labute approximate surface area is 325 Å². The maximum absolute atomic E-state index is 15.0. The van der Waals surface area contributed by atoms with Crippen molar-refractivity contribution in [2.45, 2.75) is 36.2 Å². The van der Waals surface area contributed by atoms with Gasteiger partial charge in [-0.05, 0) is 65.2 Å². The summed E-state index contributed by atoms with van der Waals surface area (Å²) in [6.45, 7) is 1.17. The molecule has 6 atom stereocenters. The van der Waals surface area contributed by atoms with Crippen LogP contribution >= 0.6 is 0 Å². The molecule has 56 heavy (non-hydrogen) atoms. The molecule has 5 aromatic rings. The number of aliphatic hydroxyl groups excluding tert-OH is 1. The van der Waals surface area contributed by atoms with E-state index in [0.29, 0.717) is 34.7 Å². The van der Waals surface area contributed by atoms with Crippen LogP contribution < -0.4 is 15.8 Å². The second kappa shape index (κ2) is 15.5. The lowest BCUT2D eigenvalue weighted by atomic mass is 9.65. The number of rotatable bonds is 10. The summed E-state index contributed by atoms with van der Waals surface area (Å²) in [7, 11) is 2.00. The Kier molecular flexibility index (Phi) is 10.1. The van der Waals surface area contributed by atoms with Crippen LogP contribution in [0.4, 0.5) is 5.69 Å². The fraction of sp³-hybridized carbons (Fsp3) is 0.239. The third kappa shape index (κ3) is 6.50. The first kappa shape index (κ1) is 36.7. The van der Waals surface area contributed by atoms with E-state index in [2.05, 4.69) is 34.2 Å². The fourth-order valence-electron chi connectivity index (χ4n) is 8.84. The van der Waals surface area contributed by atoms with Crippen molar-refractivity contribution in [3.63, 3.8) is 0 Å². The van der Waals surface area contributed by atoms with Crippen molar-refractivity contribution in [1.29, 1.82) is 0 Å². The van der Waals surface area contributed by atoms with Gasteiger partial charge < -0.3 is 25.6 Å². The van der Waals surface area contributed by atoms with E-state index in [9.17, 15) is 14.7 Å². The molecule has 2 amide bonds. The van der Waals surface area contributed by atoms with Gasteiger partial charge >= 0.3 is 5.97 Å². The number of amides is 2. The monoisotopic (exact) mass is 746 g/mol. The summed E-state index contributed by atoms with van der Waals surface area (Å²) in [6.07, 6.45) is -0.783. The second-order valence-electron chi connectivity index (χ2n) is 14.5. The number of carbonyl (C=O) groups is 3. The smallest absolute Gasteiger partial charge is 0.324 e. The molecule has 10 heteroatoms. The van der Waals surface area contributed by atoms with E-state index in [1.165, 1.54) is 5.56 Å². The Morgan fingerprint density at radius 1 is 0.875 bits per heavy atom. The first-order chi connectivity index (χ1) is 27.3. The predicted octanol–water partition coefficient (Wildman–Crippen LogP) is 5.30. The van der Waals surface area contributed by atoms with Gasteiger partial charge in [-0.25, -0.2) is 0 Å². The average Bonchev–Trinajstić information content (AvgIpc) is 3.70. The van der Waals surface area contributed by atoms with Gasteiger partial charge in [0.15, 0.2) is 0 Å². The number of benzene rings is 5. The van der Waals surface area contributed by atoms with Crippen molar-refractivity contribution >= 4 is 23.5 Å². The first-order valence-corrected chi connectivity index (χ1v) is 18.7. The first-order valence-electron chi connectivity index (χ1n) is 18.7. The highest BCUT2D eigenvalue weighted by Crippen LogP contribution is 2.64. The lowest BCUT2D eigenvalue weighted by molar-refractivity contribution is -0.178. The zero-order chi connectivity index (χ0) is 38.8. The molecule has 3 aliphatic heterocycles. The van der Waals surface area contributed by atoms with E-state index in [-0.39, 0.29) is 13.2 Å². The number of morpholine rings is 1. The van der Waals surface area contributed by atoms with Crippen LogP contribution in [0.1, 0.15) is 51.6 Å². The summed E-state index contributed by atoms with van der Waals surface area (Å²) < 4.78 is 12.1. The molecular formula is C46H42N4O6. The maximum Gasteiger partial charge on any atom is 0.324 e. The van der Waals surface area contributed by atoms with Crippen LogP contribution in [0, 0.1) is 17.8 Å². The fourth-order valence-corrected chi connectivity index (χ4v) is 8.84. The lowest BCUT2D eigenvalue weighted by Crippen LogP contribution is -2.53. The van der Waals surface area contributed by atoms with Gasteiger partial charge in [-0.1, -0.05) is 115 Å². The molecule has 10 nitrogen and oxygen atoms in total. The lowest BCUT2D eigenvalue weighted by Gasteiger charge is -2.46. The van der Waals surface area contributed by atoms with E-state index in [1.807, 2.05) is 115 Å². The van der Waals surface area contributed by atoms with E-state index in [4.69, 9.17) is 15.2 Å². The highest BCUT2D eigenvalue weighted by atomic mass is 16.6. The molecular weight excluding hydrogens is 705 g/mol. The number of esters is 1. The minimum Gasteiger partial charge on any atom is -0.491 e. The molecule has 282 valence electrons. The third-order valence-electron chi connectivity index (χ3n) is 11.0. The van der Waals surface area contributed by atoms with Crippen LogP contribution in [0.5, 0.6) is 5.75 Å². The van der Waals surface area contributed by atoms with Crippen LogP contribution in [0.3, 0.4) is 0 Å². The number of cyclic esters (lactones) is 1. The molecule has 1 spiro atoms. The molecule has 4 N–H and O–H groups in total. The summed E-state index contributed by atoms with van der Waals surface area (Å²) in [6, 6.07) is 39.3. The minimum absolute atomic E-state index is 0.104. The Balaban J connectivity index is 1.30. The molecule has 2 fully saturated rings. The number of anilines is 1. The predicted molar refractivity (Wildman–Crippen MR) is 211 cm³/mol. The number of carbonyl (C=O) groups excluding carboxylic acids is 3. The summed E-state index contributed by atoms with van der Waals surface area (Å²) >= 11 is 0. The van der Waals surface area contributed by atoms with Gasteiger partial charge in [-0.15, -0.1) is 0 Å². The molecule has 6 unspecified atom stereocenters. The van der Waals surface area contributed by atoms with Crippen molar-refractivity contribution < 1.29 is 29.0 Å². The SMILES string of the molecule is CN(CC#Cc1ccc2c(c1)C1(C(=O)N2)C(C(N)=O)C2C(=O)OC(c3ccccc3)C(c3ccccc3)N2C1c1ccc(OCCO)cc1)Cc1ccccc1. The highest BCUT2D eigenvalue weighted by Gasteiger charge is 2.73. The van der Waals surface area contributed by atoms with Crippen molar-refractivity contribution in [2.75, 3.05) is 32.1 Å². The van der Waals surface area contributed by atoms with Crippen LogP contribution in [0.15, 0.2) is 133 Å². The largest absolute Gasteiger partial charge is 0.491 e. The number of fused-ring (bicyclic) bond motifs is 3. The van der Waals surface area contributed by atoms with Crippen LogP contribution in [0.25, 0.3) is 0 Å². The van der Waals surface area contributed by atoms with Crippen molar-refractivity contribution in [3.05, 3.63) is 167 Å². The molecule has 0 aliphatic carbocycles. The number of nitrogens with two attached hydrogens (primary N) is 1. The van der Waals surface area contributed by atoms with E-state index in [0.717, 1.165) is 17.7 Å². The van der Waals surface area contributed by atoms with Gasteiger partial charge in [0.1, 0.15) is 29.9 Å². The number of hydrogen-bond donors (Lipinski definition) is 3. The number of hydrogen-bond acceptors (Lipinski definition) is 8. The molecule has 0 saturated carbocycles. The Morgan fingerprint density at radius 2 is 1.54 bits per heavy atom. The summed E-state index contributed by atoms with van der Waals surface area (Å²) in [5.41, 5.74) is 9.86. The molecule has 2 saturated heterocycles. The quantitative estimate of drug-likeness (QED) is 0.130. The van der Waals surface area contributed by atoms with Gasteiger partial charge in [-0.2, -0.15) is 0 Å². The van der Waals surface area contributed by atoms with Gasteiger partial charge in [0.2, 0.25) is 11.8 Å². The molecule has 5 aromatic carbocycles. The Bertz CT molecular complexity index is 2290. The number of nitrogens with zero attached hydrogens (tertiary/aromatic N) is 2. The van der Waals surface area contributed by atoms with Crippen molar-refractivity contribution in [3.8, 4) is 17.6 Å². The number of nitrogens with one attached hydrogen (secondary N) is 1. The molecule has 0 radical (unpaired) electrons. The molecule has 3 aliphatic rings. The highest BCUT2D eigenvalue weighted by molar-refractivity contribution is 6.12. The molecule has 3 heterocycles.